The van der Waals surface area contributed by atoms with E-state index >= 15 is 0 Å². The summed E-state index contributed by atoms with van der Waals surface area (Å²) in [5.74, 6) is 0.737. The van der Waals surface area contributed by atoms with Gasteiger partial charge in [0.25, 0.3) is 0 Å². The molecule has 0 amide bonds. The maximum Gasteiger partial charge on any atom is 0.137 e. The molecule has 0 heterocycles. The summed E-state index contributed by atoms with van der Waals surface area (Å²) >= 11 is 12.1. The molecule has 1 nitrogen and oxygen atoms in total. The van der Waals surface area contributed by atoms with E-state index < -0.39 is 0 Å². The molecule has 0 bridgehead atoms. The van der Waals surface area contributed by atoms with Gasteiger partial charge in [-0.2, -0.15) is 0 Å². The Bertz CT molecular complexity index is 326. The minimum Gasteiger partial charge on any atom is -0.495 e. The van der Waals surface area contributed by atoms with Crippen molar-refractivity contribution in [3.8, 4) is 5.75 Å². The fraction of sp³-hybridized carbons (Fsp3) is 0.538. The summed E-state index contributed by atoms with van der Waals surface area (Å²) in [6.45, 7) is 2.15. The van der Waals surface area contributed by atoms with Crippen molar-refractivity contribution < 1.29 is 4.74 Å². The van der Waals surface area contributed by atoms with E-state index in [1.165, 1.54) is 5.56 Å². The van der Waals surface area contributed by atoms with Gasteiger partial charge in [-0.15, -0.1) is 11.6 Å². The zero-order valence-electron chi connectivity index (χ0n) is 9.80. The first-order valence-corrected chi connectivity index (χ1v) is 6.45. The molecule has 0 aliphatic carbocycles. The van der Waals surface area contributed by atoms with E-state index in [0.717, 1.165) is 31.4 Å². The largest absolute Gasteiger partial charge is 0.495 e. The Morgan fingerprint density at radius 1 is 1.31 bits per heavy atom. The second-order valence-corrected chi connectivity index (χ2v) is 4.92. The van der Waals surface area contributed by atoms with Crippen molar-refractivity contribution in [2.75, 3.05) is 7.11 Å². The lowest BCUT2D eigenvalue weighted by atomic mass is 10.1. The van der Waals surface area contributed by atoms with Gasteiger partial charge in [0.15, 0.2) is 0 Å². The van der Waals surface area contributed by atoms with Crippen molar-refractivity contribution in [2.24, 2.45) is 0 Å². The second-order valence-electron chi connectivity index (χ2n) is 3.89. The van der Waals surface area contributed by atoms with Crippen LogP contribution in [-0.2, 0) is 6.42 Å². The number of aryl methyl sites for hydroxylation is 1. The smallest absolute Gasteiger partial charge is 0.137 e. The number of alkyl halides is 1. The van der Waals surface area contributed by atoms with Gasteiger partial charge in [0.1, 0.15) is 5.75 Å². The lowest BCUT2D eigenvalue weighted by Gasteiger charge is -2.09. The predicted octanol–water partition coefficient (Wildman–Crippen LogP) is 4.69. The summed E-state index contributed by atoms with van der Waals surface area (Å²) in [6.07, 6.45) is 4.19. The molecule has 0 saturated heterocycles. The van der Waals surface area contributed by atoms with Crippen molar-refractivity contribution in [1.82, 2.24) is 0 Å². The molecular formula is C13H18Cl2O. The fourth-order valence-corrected chi connectivity index (χ4v) is 2.16. The second kappa shape index (κ2) is 7.03. The van der Waals surface area contributed by atoms with Crippen molar-refractivity contribution in [1.29, 1.82) is 0 Å². The van der Waals surface area contributed by atoms with Crippen LogP contribution in [0.15, 0.2) is 18.2 Å². The van der Waals surface area contributed by atoms with Crippen LogP contribution >= 0.6 is 23.2 Å². The van der Waals surface area contributed by atoms with Crippen molar-refractivity contribution in [3.63, 3.8) is 0 Å². The molecule has 1 unspecified atom stereocenters. The van der Waals surface area contributed by atoms with Gasteiger partial charge in [0.05, 0.1) is 12.1 Å². The topological polar surface area (TPSA) is 9.23 Å². The first-order valence-electron chi connectivity index (χ1n) is 5.63. The van der Waals surface area contributed by atoms with Crippen LogP contribution in [0.5, 0.6) is 5.75 Å². The van der Waals surface area contributed by atoms with Gasteiger partial charge < -0.3 is 4.74 Å². The summed E-state index contributed by atoms with van der Waals surface area (Å²) in [7, 11) is 1.63. The van der Waals surface area contributed by atoms with Gasteiger partial charge in [0, 0.05) is 5.38 Å². The molecule has 1 aromatic rings. The molecule has 0 aromatic heterocycles. The third-order valence-corrected chi connectivity index (χ3v) is 3.31. The fourth-order valence-electron chi connectivity index (χ4n) is 1.64. The number of rotatable bonds is 6. The van der Waals surface area contributed by atoms with E-state index in [2.05, 4.69) is 6.92 Å². The van der Waals surface area contributed by atoms with Gasteiger partial charge in [0.2, 0.25) is 0 Å². The summed E-state index contributed by atoms with van der Waals surface area (Å²) in [4.78, 5) is 0. The number of hydrogen-bond acceptors (Lipinski definition) is 1. The average molecular weight is 261 g/mol. The van der Waals surface area contributed by atoms with E-state index in [1.54, 1.807) is 7.11 Å². The van der Waals surface area contributed by atoms with Crippen LogP contribution in [0.3, 0.4) is 0 Å². The molecule has 0 aliphatic heterocycles. The number of hydrogen-bond donors (Lipinski definition) is 0. The summed E-state index contributed by atoms with van der Waals surface area (Å²) in [5.41, 5.74) is 1.23. The Morgan fingerprint density at radius 3 is 2.69 bits per heavy atom. The Hall–Kier alpha value is -0.400. The lowest BCUT2D eigenvalue weighted by Crippen LogP contribution is -2.00. The molecule has 0 fully saturated rings. The highest BCUT2D eigenvalue weighted by atomic mass is 35.5. The van der Waals surface area contributed by atoms with Crippen LogP contribution in [0.25, 0.3) is 0 Å². The Labute approximate surface area is 108 Å². The van der Waals surface area contributed by atoms with E-state index in [9.17, 15) is 0 Å². The normalized spacial score (nSPS) is 12.5. The monoisotopic (exact) mass is 260 g/mol. The third kappa shape index (κ3) is 4.23. The van der Waals surface area contributed by atoms with Crippen LogP contribution in [-0.4, -0.2) is 12.5 Å². The molecule has 1 rings (SSSR count). The summed E-state index contributed by atoms with van der Waals surface area (Å²) in [6, 6.07) is 5.89. The van der Waals surface area contributed by atoms with Gasteiger partial charge in [-0.1, -0.05) is 31.0 Å². The summed E-state index contributed by atoms with van der Waals surface area (Å²) < 4.78 is 5.18. The Balaban J connectivity index is 2.54. The van der Waals surface area contributed by atoms with Crippen molar-refractivity contribution in [3.05, 3.63) is 28.8 Å². The molecule has 0 spiro atoms. The first-order chi connectivity index (χ1) is 7.67. The number of methoxy groups -OCH3 is 1. The molecule has 0 radical (unpaired) electrons. The number of benzene rings is 1. The molecule has 16 heavy (non-hydrogen) atoms. The van der Waals surface area contributed by atoms with Crippen LogP contribution < -0.4 is 4.74 Å². The molecule has 1 aromatic carbocycles. The maximum atomic E-state index is 6.18. The molecule has 3 heteroatoms. The molecule has 0 saturated carbocycles. The minimum absolute atomic E-state index is 0.270. The number of halogens is 2. The van der Waals surface area contributed by atoms with Crippen LogP contribution in [0.1, 0.15) is 31.7 Å². The Kier molecular flexibility index (Phi) is 6.00. The van der Waals surface area contributed by atoms with E-state index in [1.807, 2.05) is 18.2 Å². The van der Waals surface area contributed by atoms with E-state index in [0.29, 0.717) is 5.02 Å². The van der Waals surface area contributed by atoms with Gasteiger partial charge in [-0.05, 0) is 37.0 Å². The highest BCUT2D eigenvalue weighted by Crippen LogP contribution is 2.26. The summed E-state index contributed by atoms with van der Waals surface area (Å²) in [5, 5.41) is 0.925. The predicted molar refractivity (Wildman–Crippen MR) is 70.9 cm³/mol. The highest BCUT2D eigenvalue weighted by molar-refractivity contribution is 6.32. The standard InChI is InChI=1S/C13H18Cl2O/c1-3-4-11(14)7-5-10-6-8-12(15)13(9-10)16-2/h6,8-9,11H,3-5,7H2,1-2H3. The minimum atomic E-state index is 0.270. The molecule has 0 aliphatic rings. The highest BCUT2D eigenvalue weighted by Gasteiger charge is 2.06. The Morgan fingerprint density at radius 2 is 2.06 bits per heavy atom. The van der Waals surface area contributed by atoms with Crippen molar-refractivity contribution in [2.45, 2.75) is 38.0 Å². The lowest BCUT2D eigenvalue weighted by molar-refractivity contribution is 0.414. The van der Waals surface area contributed by atoms with Crippen LogP contribution in [0.2, 0.25) is 5.02 Å². The zero-order chi connectivity index (χ0) is 12.0. The molecule has 0 N–H and O–H groups in total. The van der Waals surface area contributed by atoms with Crippen molar-refractivity contribution >= 4 is 23.2 Å². The molecule has 90 valence electrons. The van der Waals surface area contributed by atoms with Crippen LogP contribution in [0, 0.1) is 0 Å². The van der Waals surface area contributed by atoms with Gasteiger partial charge in [-0.25, -0.2) is 0 Å². The van der Waals surface area contributed by atoms with Crippen LogP contribution in [0.4, 0.5) is 0 Å². The van der Waals surface area contributed by atoms with E-state index in [-0.39, 0.29) is 5.38 Å². The molecular weight excluding hydrogens is 243 g/mol. The zero-order valence-corrected chi connectivity index (χ0v) is 11.3. The van der Waals surface area contributed by atoms with E-state index in [4.69, 9.17) is 27.9 Å². The SMILES string of the molecule is CCCC(Cl)CCc1ccc(Cl)c(OC)c1. The van der Waals surface area contributed by atoms with Gasteiger partial charge in [-0.3, -0.25) is 0 Å². The maximum absolute atomic E-state index is 6.18. The van der Waals surface area contributed by atoms with Gasteiger partial charge >= 0.3 is 0 Å². The molecule has 1 atom stereocenters. The average Bonchev–Trinajstić information content (AvgIpc) is 2.28. The third-order valence-electron chi connectivity index (χ3n) is 2.56. The number of ether oxygens (including phenoxy) is 1. The quantitative estimate of drug-likeness (QED) is 0.675. The first kappa shape index (κ1) is 13.7.